The van der Waals surface area contributed by atoms with Gasteiger partial charge in [-0.05, 0) is 43.7 Å². The minimum atomic E-state index is -0.370. The Bertz CT molecular complexity index is 877. The number of fused-ring (bicyclic) bond motifs is 1. The van der Waals surface area contributed by atoms with Gasteiger partial charge < -0.3 is 5.11 Å². The van der Waals surface area contributed by atoms with Crippen LogP contribution in [0.25, 0.3) is 10.1 Å². The average Bonchev–Trinajstić information content (AvgIpc) is 3.20. The molecule has 4 rings (SSSR count). The number of likely N-dealkylation sites (tertiary alicyclic amines) is 1. The number of aliphatic hydroxyl groups excluding tert-OH is 1. The quantitative estimate of drug-likeness (QED) is 0.746. The Balaban J connectivity index is 1.39. The minimum Gasteiger partial charge on any atom is -0.393 e. The molecule has 6 heteroatoms. The Kier molecular flexibility index (Phi) is 5.07. The van der Waals surface area contributed by atoms with E-state index in [0.717, 1.165) is 38.2 Å². The van der Waals surface area contributed by atoms with Crippen LogP contribution in [0.3, 0.4) is 0 Å². The summed E-state index contributed by atoms with van der Waals surface area (Å²) >= 11 is 1.90. The Labute approximate surface area is 158 Å². The highest BCUT2D eigenvalue weighted by molar-refractivity contribution is 7.19. The third-order valence-electron chi connectivity index (χ3n) is 5.28. The van der Waals surface area contributed by atoms with Crippen LogP contribution in [0.5, 0.6) is 0 Å². The molecule has 3 aromatic rings. The molecule has 1 aliphatic rings. The second-order valence-electron chi connectivity index (χ2n) is 7.38. The fraction of sp³-hybridized carbons (Fsp3) is 0.500. The lowest BCUT2D eigenvalue weighted by Gasteiger charge is -2.31. The van der Waals surface area contributed by atoms with Crippen molar-refractivity contribution in [3.8, 4) is 0 Å². The standard InChI is InChI=1S/C20H26N4OS/c1-14(25)11-16-12-24(22-21-16)17-7-9-23(10-8-17)13-19-15(2)26-20-6-4-3-5-18(19)20/h3-6,12,14,17,25H,7-11,13H2,1-2H3/t14-/m0/s1. The van der Waals surface area contributed by atoms with Crippen molar-refractivity contribution >= 4 is 21.4 Å². The van der Waals surface area contributed by atoms with Gasteiger partial charge in [-0.15, -0.1) is 16.4 Å². The van der Waals surface area contributed by atoms with Crippen molar-refractivity contribution in [2.75, 3.05) is 13.1 Å². The van der Waals surface area contributed by atoms with E-state index in [-0.39, 0.29) is 6.10 Å². The molecule has 0 amide bonds. The Morgan fingerprint density at radius 2 is 2.04 bits per heavy atom. The number of rotatable bonds is 5. The molecule has 1 atom stereocenters. The maximum absolute atomic E-state index is 9.50. The second-order valence-corrected chi connectivity index (χ2v) is 8.64. The van der Waals surface area contributed by atoms with E-state index in [1.807, 2.05) is 22.2 Å². The highest BCUT2D eigenvalue weighted by Gasteiger charge is 2.23. The summed E-state index contributed by atoms with van der Waals surface area (Å²) in [4.78, 5) is 4.00. The fourth-order valence-corrected chi connectivity index (χ4v) is 4.95. The summed E-state index contributed by atoms with van der Waals surface area (Å²) in [7, 11) is 0. The van der Waals surface area contributed by atoms with Crippen molar-refractivity contribution in [1.82, 2.24) is 19.9 Å². The van der Waals surface area contributed by atoms with Crippen molar-refractivity contribution in [2.24, 2.45) is 0 Å². The first kappa shape index (κ1) is 17.6. The first-order valence-corrected chi connectivity index (χ1v) is 10.2. The van der Waals surface area contributed by atoms with Crippen molar-refractivity contribution in [3.63, 3.8) is 0 Å². The summed E-state index contributed by atoms with van der Waals surface area (Å²) in [6, 6.07) is 9.15. The predicted octanol–water partition coefficient (Wildman–Crippen LogP) is 3.56. The highest BCUT2D eigenvalue weighted by Crippen LogP contribution is 2.32. The first-order chi connectivity index (χ1) is 12.6. The Hall–Kier alpha value is -1.76. The molecular weight excluding hydrogens is 344 g/mol. The number of nitrogens with zero attached hydrogens (tertiary/aromatic N) is 4. The highest BCUT2D eigenvalue weighted by atomic mass is 32.1. The van der Waals surface area contributed by atoms with Gasteiger partial charge in [-0.2, -0.15) is 0 Å². The molecule has 0 unspecified atom stereocenters. The Morgan fingerprint density at radius 3 is 2.81 bits per heavy atom. The van der Waals surface area contributed by atoms with Crippen LogP contribution in [0.1, 0.15) is 41.9 Å². The van der Waals surface area contributed by atoms with Gasteiger partial charge >= 0.3 is 0 Å². The maximum Gasteiger partial charge on any atom is 0.0852 e. The largest absolute Gasteiger partial charge is 0.393 e. The van der Waals surface area contributed by atoms with Gasteiger partial charge in [0.05, 0.1) is 17.8 Å². The third-order valence-corrected chi connectivity index (χ3v) is 6.40. The second kappa shape index (κ2) is 7.47. The minimum absolute atomic E-state index is 0.370. The van der Waals surface area contributed by atoms with Crippen LogP contribution in [-0.4, -0.2) is 44.2 Å². The van der Waals surface area contributed by atoms with Crippen LogP contribution < -0.4 is 0 Å². The summed E-state index contributed by atoms with van der Waals surface area (Å²) in [5.41, 5.74) is 2.37. The molecule has 138 valence electrons. The normalized spacial score (nSPS) is 17.8. The Morgan fingerprint density at radius 1 is 1.27 bits per heavy atom. The lowest BCUT2D eigenvalue weighted by Crippen LogP contribution is -2.34. The number of hydrogen-bond donors (Lipinski definition) is 1. The van der Waals surface area contributed by atoms with E-state index in [1.54, 1.807) is 6.92 Å². The number of thiophene rings is 1. The van der Waals surface area contributed by atoms with Gasteiger partial charge in [0.25, 0.3) is 0 Å². The number of benzene rings is 1. The lowest BCUT2D eigenvalue weighted by atomic mass is 10.0. The fourth-order valence-electron chi connectivity index (χ4n) is 3.87. The maximum atomic E-state index is 9.50. The molecule has 0 aliphatic carbocycles. The number of aryl methyl sites for hydroxylation is 1. The molecule has 1 fully saturated rings. The van der Waals surface area contributed by atoms with Crippen molar-refractivity contribution in [1.29, 1.82) is 0 Å². The smallest absolute Gasteiger partial charge is 0.0852 e. The summed E-state index contributed by atoms with van der Waals surface area (Å²) in [6.45, 7) is 7.23. The van der Waals surface area contributed by atoms with Crippen LogP contribution in [-0.2, 0) is 13.0 Å². The van der Waals surface area contributed by atoms with Gasteiger partial charge in [0.1, 0.15) is 0 Å². The van der Waals surface area contributed by atoms with Gasteiger partial charge in [0.15, 0.2) is 0 Å². The van der Waals surface area contributed by atoms with E-state index < -0.39 is 0 Å². The topological polar surface area (TPSA) is 54.2 Å². The van der Waals surface area contributed by atoms with Gasteiger partial charge in [-0.1, -0.05) is 23.4 Å². The van der Waals surface area contributed by atoms with E-state index in [0.29, 0.717) is 12.5 Å². The average molecular weight is 371 g/mol. The molecule has 0 bridgehead atoms. The molecule has 0 radical (unpaired) electrons. The number of piperidine rings is 1. The molecule has 2 aromatic heterocycles. The summed E-state index contributed by atoms with van der Waals surface area (Å²) in [5.74, 6) is 0. The SMILES string of the molecule is Cc1sc2ccccc2c1CN1CCC(n2cc(C[C@H](C)O)nn2)CC1. The van der Waals surface area contributed by atoms with E-state index in [1.165, 1.54) is 20.5 Å². The first-order valence-electron chi connectivity index (χ1n) is 9.38. The number of aromatic nitrogens is 3. The van der Waals surface area contributed by atoms with Crippen molar-refractivity contribution < 1.29 is 5.11 Å². The van der Waals surface area contributed by atoms with Gasteiger partial charge in [0.2, 0.25) is 0 Å². The molecule has 0 saturated carbocycles. The zero-order valence-corrected chi connectivity index (χ0v) is 16.2. The van der Waals surface area contributed by atoms with Crippen LogP contribution in [0.2, 0.25) is 0 Å². The summed E-state index contributed by atoms with van der Waals surface area (Å²) in [5, 5.41) is 19.4. The molecule has 5 nitrogen and oxygen atoms in total. The lowest BCUT2D eigenvalue weighted by molar-refractivity contribution is 0.172. The monoisotopic (exact) mass is 370 g/mol. The zero-order valence-electron chi connectivity index (χ0n) is 15.4. The van der Waals surface area contributed by atoms with E-state index >= 15 is 0 Å². The molecule has 1 aliphatic heterocycles. The number of aliphatic hydroxyl groups is 1. The van der Waals surface area contributed by atoms with Gasteiger partial charge in [0, 0.05) is 41.8 Å². The number of hydrogen-bond acceptors (Lipinski definition) is 5. The molecule has 1 saturated heterocycles. The van der Waals surface area contributed by atoms with Crippen molar-refractivity contribution in [2.45, 2.75) is 51.8 Å². The van der Waals surface area contributed by atoms with E-state index in [9.17, 15) is 5.11 Å². The van der Waals surface area contributed by atoms with E-state index in [4.69, 9.17) is 0 Å². The summed E-state index contributed by atoms with van der Waals surface area (Å²) in [6.07, 6.45) is 4.40. The molecule has 1 aromatic carbocycles. The predicted molar refractivity (Wildman–Crippen MR) is 106 cm³/mol. The van der Waals surface area contributed by atoms with Crippen LogP contribution in [0, 0.1) is 6.92 Å². The van der Waals surface area contributed by atoms with Crippen LogP contribution in [0.15, 0.2) is 30.5 Å². The molecule has 0 spiro atoms. The zero-order chi connectivity index (χ0) is 18.1. The van der Waals surface area contributed by atoms with Gasteiger partial charge in [-0.3, -0.25) is 4.90 Å². The third kappa shape index (κ3) is 3.68. The molecule has 1 N–H and O–H groups in total. The van der Waals surface area contributed by atoms with Crippen LogP contribution >= 0.6 is 11.3 Å². The van der Waals surface area contributed by atoms with Crippen molar-refractivity contribution in [3.05, 3.63) is 46.6 Å². The summed E-state index contributed by atoms with van der Waals surface area (Å²) < 4.78 is 3.39. The van der Waals surface area contributed by atoms with Crippen LogP contribution in [0.4, 0.5) is 0 Å². The molecular formula is C20H26N4OS. The van der Waals surface area contributed by atoms with E-state index in [2.05, 4.69) is 46.4 Å². The van der Waals surface area contributed by atoms with Gasteiger partial charge in [-0.25, -0.2) is 4.68 Å². The molecule has 3 heterocycles. The molecule has 26 heavy (non-hydrogen) atoms.